The van der Waals surface area contributed by atoms with Crippen molar-refractivity contribution in [3.05, 3.63) is 48.5 Å². The minimum absolute atomic E-state index is 0. The molecule has 0 spiro atoms. The third-order valence-electron chi connectivity index (χ3n) is 4.36. The van der Waals surface area contributed by atoms with Crippen LogP contribution in [0.3, 0.4) is 0 Å². The summed E-state index contributed by atoms with van der Waals surface area (Å²) in [6, 6.07) is 9.45. The van der Waals surface area contributed by atoms with Gasteiger partial charge in [0.25, 0.3) is 10.1 Å². The van der Waals surface area contributed by atoms with E-state index in [1.165, 1.54) is 31.4 Å². The Hall–Kier alpha value is -1.15. The minimum Gasteiger partial charge on any atom is -0.747 e. The summed E-state index contributed by atoms with van der Waals surface area (Å²) >= 11 is 0. The second-order valence-corrected chi connectivity index (χ2v) is 10.8. The molecule has 0 heterocycles. The van der Waals surface area contributed by atoms with Gasteiger partial charge in [0.15, 0.2) is 0 Å². The number of fused-ring (bicyclic) bond motifs is 1. The van der Waals surface area contributed by atoms with E-state index in [2.05, 4.69) is 15.5 Å². The fourth-order valence-corrected chi connectivity index (χ4v) is 4.71. The van der Waals surface area contributed by atoms with Gasteiger partial charge in [0.2, 0.25) is 0 Å². The molecule has 182 valence electrons. The number of azo groups is 1. The number of nitrogens with one attached hydrogen (secondary N) is 1. The number of rotatable bonds is 8. The van der Waals surface area contributed by atoms with Crippen molar-refractivity contribution in [2.75, 3.05) is 18.3 Å². The molecule has 0 saturated carbocycles. The van der Waals surface area contributed by atoms with E-state index in [-0.39, 0.29) is 92.7 Å². The van der Waals surface area contributed by atoms with E-state index in [9.17, 15) is 38.9 Å². The van der Waals surface area contributed by atoms with E-state index < -0.39 is 46.0 Å². The van der Waals surface area contributed by atoms with Crippen LogP contribution in [0.1, 0.15) is 0 Å². The maximum Gasteiger partial charge on any atom is 1.00 e. The maximum absolute atomic E-state index is 11.9. The van der Waals surface area contributed by atoms with E-state index in [0.717, 1.165) is 24.3 Å². The maximum atomic E-state index is 11.9. The van der Waals surface area contributed by atoms with Gasteiger partial charge in [0.1, 0.15) is 36.8 Å². The number of methoxy groups -OCH3 is 1. The fourth-order valence-electron chi connectivity index (χ4n) is 2.97. The average molecular weight is 576 g/mol. The molecule has 0 radical (unpaired) electrons. The van der Waals surface area contributed by atoms with Gasteiger partial charge in [-0.05, 0) is 30.3 Å². The molecule has 36 heavy (non-hydrogen) atoms. The van der Waals surface area contributed by atoms with E-state index in [1.807, 2.05) is 0 Å². The van der Waals surface area contributed by atoms with Crippen LogP contribution in [-0.4, -0.2) is 51.9 Å². The Morgan fingerprint density at radius 3 is 2.06 bits per heavy atom. The third-order valence-corrected chi connectivity index (χ3v) is 6.64. The van der Waals surface area contributed by atoms with Crippen LogP contribution in [0.15, 0.2) is 68.6 Å². The van der Waals surface area contributed by atoms with Crippen LogP contribution in [0.2, 0.25) is 0 Å². The van der Waals surface area contributed by atoms with Gasteiger partial charge in [-0.1, -0.05) is 12.1 Å². The summed E-state index contributed by atoms with van der Waals surface area (Å²) in [5.74, 6) is -0.776. The molecule has 0 unspecified atom stereocenters. The summed E-state index contributed by atoms with van der Waals surface area (Å²) in [5, 5.41) is 9.64. The zero-order valence-electron chi connectivity index (χ0n) is 19.1. The number of nitrogens with zero attached hydrogens (tertiary/aromatic N) is 2. The van der Waals surface area contributed by atoms with Crippen LogP contribution in [0.25, 0.3) is 10.8 Å². The Kier molecular flexibility index (Phi) is 11.5. The Morgan fingerprint density at radius 1 is 0.861 bits per heavy atom. The van der Waals surface area contributed by atoms with Crippen molar-refractivity contribution in [2.24, 2.45) is 10.2 Å². The topological polar surface area (TPSA) is 215 Å². The molecule has 0 bridgehead atoms. The van der Waals surface area contributed by atoms with Crippen LogP contribution < -0.4 is 69.2 Å². The molecule has 0 aliphatic rings. The molecule has 0 aliphatic heterocycles. The first-order valence-electron chi connectivity index (χ1n) is 8.96. The second-order valence-electron chi connectivity index (χ2n) is 6.69. The van der Waals surface area contributed by atoms with Gasteiger partial charge < -0.3 is 19.2 Å². The molecule has 2 N–H and O–H groups in total. The second kappa shape index (κ2) is 12.6. The van der Waals surface area contributed by atoms with Crippen molar-refractivity contribution in [3.63, 3.8) is 0 Å². The van der Waals surface area contributed by atoms with Gasteiger partial charge in [0, 0.05) is 16.8 Å². The molecule has 13 nitrogen and oxygen atoms in total. The smallest absolute Gasteiger partial charge is 0.747 e. The Labute approximate surface area is 251 Å². The van der Waals surface area contributed by atoms with Gasteiger partial charge >= 0.3 is 59.1 Å². The Balaban J connectivity index is 0.00000324. The number of ether oxygens (including phenoxy) is 1. The Morgan fingerprint density at radius 2 is 1.50 bits per heavy atom. The molecular weight excluding hydrogens is 560 g/mol. The molecule has 3 aromatic rings. The average Bonchev–Trinajstić information content (AvgIpc) is 2.73. The van der Waals surface area contributed by atoms with Crippen molar-refractivity contribution in [1.82, 2.24) is 0 Å². The quantitative estimate of drug-likeness (QED) is 0.152. The zero-order valence-corrected chi connectivity index (χ0v) is 25.5. The SMILES string of the molecule is COc1cc(N=Nc2cc(S(=O)(=O)O)c3cccc(S(=O)(=O)[O-])c3c2)ccc1NCS(=O)(=O)[O-].[Na+].[Na+]. The Bertz CT molecular complexity index is 1630. The van der Waals surface area contributed by atoms with Gasteiger partial charge in [-0.2, -0.15) is 18.6 Å². The molecule has 0 saturated heterocycles. The van der Waals surface area contributed by atoms with E-state index >= 15 is 0 Å². The summed E-state index contributed by atoms with van der Waals surface area (Å²) in [6.07, 6.45) is 0. The summed E-state index contributed by atoms with van der Waals surface area (Å²) in [6.45, 7) is 0. The predicted molar refractivity (Wildman–Crippen MR) is 117 cm³/mol. The van der Waals surface area contributed by atoms with E-state index in [1.54, 1.807) is 0 Å². The van der Waals surface area contributed by atoms with Crippen LogP contribution in [-0.2, 0) is 30.4 Å². The van der Waals surface area contributed by atoms with Crippen LogP contribution in [0.5, 0.6) is 5.75 Å². The largest absolute Gasteiger partial charge is 1.00 e. The van der Waals surface area contributed by atoms with Crippen molar-refractivity contribution in [2.45, 2.75) is 9.79 Å². The van der Waals surface area contributed by atoms with Crippen molar-refractivity contribution in [1.29, 1.82) is 0 Å². The minimum atomic E-state index is -4.99. The molecule has 0 fully saturated rings. The van der Waals surface area contributed by atoms with Gasteiger partial charge in [-0.3, -0.25) is 4.55 Å². The molecule has 0 aliphatic carbocycles. The van der Waals surface area contributed by atoms with E-state index in [0.29, 0.717) is 0 Å². The number of hydrogen-bond acceptors (Lipinski definition) is 12. The van der Waals surface area contributed by atoms with Gasteiger partial charge in [-0.15, -0.1) is 0 Å². The summed E-state index contributed by atoms with van der Waals surface area (Å²) in [5.41, 5.74) is 0.117. The number of hydrogen-bond donors (Lipinski definition) is 2. The molecule has 18 heteroatoms. The molecule has 0 amide bonds. The normalized spacial score (nSPS) is 12.1. The monoisotopic (exact) mass is 575 g/mol. The fraction of sp³-hybridized carbons (Fsp3) is 0.111. The summed E-state index contributed by atoms with van der Waals surface area (Å²) in [4.78, 5) is -1.39. The van der Waals surface area contributed by atoms with Crippen molar-refractivity contribution in [3.8, 4) is 5.75 Å². The first kappa shape index (κ1) is 32.9. The molecular formula is C18H15N3Na2O10S3. The third kappa shape index (κ3) is 8.44. The van der Waals surface area contributed by atoms with Crippen LogP contribution in [0.4, 0.5) is 17.1 Å². The number of anilines is 1. The molecule has 3 aromatic carbocycles. The van der Waals surface area contributed by atoms with Crippen LogP contribution >= 0.6 is 0 Å². The molecule has 3 rings (SSSR count). The van der Waals surface area contributed by atoms with Crippen molar-refractivity contribution >= 4 is 58.2 Å². The van der Waals surface area contributed by atoms with Gasteiger partial charge in [-0.25, -0.2) is 16.8 Å². The summed E-state index contributed by atoms with van der Waals surface area (Å²) in [7, 11) is -13.1. The standard InChI is InChI=1S/C18H17N3O10S3.2Na/c1-31-16-8-11(5-6-15(16)19-10-32(22,23)24)20-21-12-7-14-13(18(9-12)34(28,29)30)3-2-4-17(14)33(25,26)27;;/h2-9,19H,10H2,1H3,(H,22,23,24)(H,25,26,27)(H,28,29,30);;/q;2*+1/p-2. The van der Waals surface area contributed by atoms with Crippen LogP contribution in [0, 0.1) is 0 Å². The zero-order chi connectivity index (χ0) is 25.3. The van der Waals surface area contributed by atoms with Crippen molar-refractivity contribution < 1.29 is 103 Å². The summed E-state index contributed by atoms with van der Waals surface area (Å²) < 4.78 is 106. The molecule has 0 aromatic heterocycles. The first-order valence-corrected chi connectivity index (χ1v) is 13.4. The first-order chi connectivity index (χ1) is 15.7. The number of benzene rings is 3. The van der Waals surface area contributed by atoms with E-state index in [4.69, 9.17) is 4.74 Å². The van der Waals surface area contributed by atoms with Gasteiger partial charge in [0.05, 0.1) is 29.1 Å². The molecule has 0 atom stereocenters. The predicted octanol–water partition coefficient (Wildman–Crippen LogP) is -3.66.